The van der Waals surface area contributed by atoms with Crippen molar-refractivity contribution in [3.8, 4) is 0 Å². The van der Waals surface area contributed by atoms with Gasteiger partial charge in [-0.25, -0.2) is 0 Å². The molecule has 0 bridgehead atoms. The third kappa shape index (κ3) is 3.38. The van der Waals surface area contributed by atoms with Gasteiger partial charge in [-0.3, -0.25) is 4.79 Å². The summed E-state index contributed by atoms with van der Waals surface area (Å²) in [6.07, 6.45) is 1.95. The van der Waals surface area contributed by atoms with Crippen LogP contribution in [-0.4, -0.2) is 47.2 Å². The second kappa shape index (κ2) is 5.42. The van der Waals surface area contributed by atoms with Crippen LogP contribution in [0.1, 0.15) is 23.3 Å². The van der Waals surface area contributed by atoms with Crippen molar-refractivity contribution in [1.82, 2.24) is 20.4 Å². The average molecular weight is 255 g/mol. The van der Waals surface area contributed by atoms with E-state index in [2.05, 4.69) is 27.5 Å². The van der Waals surface area contributed by atoms with Gasteiger partial charge in [-0.1, -0.05) is 11.6 Å². The van der Waals surface area contributed by atoms with Gasteiger partial charge in [0, 0.05) is 6.04 Å². The minimum absolute atomic E-state index is 0.177. The lowest BCUT2D eigenvalue weighted by Gasteiger charge is -2.29. The normalized spacial score (nSPS) is 18.0. The Labute approximate surface area is 105 Å². The van der Waals surface area contributed by atoms with E-state index in [-0.39, 0.29) is 11.9 Å². The summed E-state index contributed by atoms with van der Waals surface area (Å²) in [5, 5.41) is 10.7. The molecule has 0 spiro atoms. The maximum absolute atomic E-state index is 11.8. The van der Waals surface area contributed by atoms with Crippen LogP contribution in [0.5, 0.6) is 0 Å². The molecule has 1 aliphatic heterocycles. The molecule has 1 fully saturated rings. The Morgan fingerprint density at radius 1 is 1.41 bits per heavy atom. The van der Waals surface area contributed by atoms with Gasteiger partial charge >= 0.3 is 0 Å². The van der Waals surface area contributed by atoms with Gasteiger partial charge in [0.1, 0.15) is 0 Å². The van der Waals surface area contributed by atoms with E-state index in [0.717, 1.165) is 25.9 Å². The molecule has 2 heterocycles. The number of piperidine rings is 1. The molecule has 1 aliphatic rings. The zero-order chi connectivity index (χ0) is 12.3. The van der Waals surface area contributed by atoms with E-state index in [0.29, 0.717) is 10.8 Å². The number of rotatable bonds is 2. The van der Waals surface area contributed by atoms with E-state index in [1.807, 2.05) is 0 Å². The Hall–Kier alpha value is -1.20. The summed E-state index contributed by atoms with van der Waals surface area (Å²) >= 11 is 5.61. The van der Waals surface area contributed by atoms with Gasteiger partial charge in [-0.05, 0) is 45.1 Å². The van der Waals surface area contributed by atoms with Crippen LogP contribution >= 0.6 is 11.6 Å². The second-order valence-electron chi connectivity index (χ2n) is 4.29. The van der Waals surface area contributed by atoms with Gasteiger partial charge in [0.2, 0.25) is 0 Å². The Kier molecular flexibility index (Phi) is 3.91. The summed E-state index contributed by atoms with van der Waals surface area (Å²) in [4.78, 5) is 14.1. The fourth-order valence-electron chi connectivity index (χ4n) is 1.85. The van der Waals surface area contributed by atoms with Crippen molar-refractivity contribution < 1.29 is 4.79 Å². The zero-order valence-corrected chi connectivity index (χ0v) is 10.4. The van der Waals surface area contributed by atoms with Crippen molar-refractivity contribution in [2.75, 3.05) is 20.1 Å². The molecule has 1 aromatic rings. The van der Waals surface area contributed by atoms with Crippen molar-refractivity contribution in [2.24, 2.45) is 0 Å². The number of likely N-dealkylation sites (tertiary alicyclic amines) is 1. The minimum Gasteiger partial charge on any atom is -0.348 e. The topological polar surface area (TPSA) is 58.1 Å². The quantitative estimate of drug-likeness (QED) is 0.854. The maximum atomic E-state index is 11.8. The van der Waals surface area contributed by atoms with Crippen LogP contribution in [0.15, 0.2) is 12.1 Å². The first-order chi connectivity index (χ1) is 8.15. The molecule has 1 saturated heterocycles. The first kappa shape index (κ1) is 12.3. The number of nitrogens with zero attached hydrogens (tertiary/aromatic N) is 3. The molecule has 1 amide bonds. The molecule has 1 aromatic heterocycles. The summed E-state index contributed by atoms with van der Waals surface area (Å²) in [6, 6.07) is 3.38. The number of carbonyl (C=O) groups is 1. The number of amides is 1. The molecular formula is C11H15ClN4O. The van der Waals surface area contributed by atoms with Crippen molar-refractivity contribution >= 4 is 17.5 Å². The molecule has 0 aliphatic carbocycles. The van der Waals surface area contributed by atoms with Gasteiger partial charge in [-0.15, -0.1) is 10.2 Å². The average Bonchev–Trinajstić information content (AvgIpc) is 2.33. The van der Waals surface area contributed by atoms with Crippen molar-refractivity contribution in [3.05, 3.63) is 23.0 Å². The highest BCUT2D eigenvalue weighted by molar-refractivity contribution is 6.29. The molecule has 0 aromatic carbocycles. The predicted octanol–water partition coefficient (Wildman–Crippen LogP) is 0.954. The molecule has 0 saturated carbocycles. The fraction of sp³-hybridized carbons (Fsp3) is 0.545. The summed E-state index contributed by atoms with van der Waals surface area (Å²) in [5.41, 5.74) is 0.313. The molecule has 0 unspecified atom stereocenters. The van der Waals surface area contributed by atoms with Crippen LogP contribution in [0.4, 0.5) is 0 Å². The van der Waals surface area contributed by atoms with Crippen LogP contribution < -0.4 is 5.32 Å². The molecule has 2 rings (SSSR count). The van der Waals surface area contributed by atoms with Crippen molar-refractivity contribution in [3.63, 3.8) is 0 Å². The SMILES string of the molecule is CN1CCC(NC(=O)c2ccc(Cl)nn2)CC1. The lowest BCUT2D eigenvalue weighted by Crippen LogP contribution is -2.43. The molecule has 6 heteroatoms. The molecular weight excluding hydrogens is 240 g/mol. The number of halogens is 1. The fourth-order valence-corrected chi connectivity index (χ4v) is 1.95. The first-order valence-electron chi connectivity index (χ1n) is 5.64. The molecule has 5 nitrogen and oxygen atoms in total. The minimum atomic E-state index is -0.177. The van der Waals surface area contributed by atoms with Crippen LogP contribution in [0.3, 0.4) is 0 Å². The van der Waals surface area contributed by atoms with Gasteiger partial charge in [0.15, 0.2) is 10.8 Å². The van der Waals surface area contributed by atoms with E-state index in [9.17, 15) is 4.79 Å². The highest BCUT2D eigenvalue weighted by Crippen LogP contribution is 2.09. The standard InChI is InChI=1S/C11H15ClN4O/c1-16-6-4-8(5-7-16)13-11(17)9-2-3-10(12)15-14-9/h2-3,8H,4-7H2,1H3,(H,13,17). The smallest absolute Gasteiger partial charge is 0.272 e. The highest BCUT2D eigenvalue weighted by atomic mass is 35.5. The number of aromatic nitrogens is 2. The maximum Gasteiger partial charge on any atom is 0.272 e. The summed E-state index contributed by atoms with van der Waals surface area (Å²) in [7, 11) is 2.09. The van der Waals surface area contributed by atoms with Gasteiger partial charge in [0.25, 0.3) is 5.91 Å². The van der Waals surface area contributed by atoms with Crippen LogP contribution in [0.2, 0.25) is 5.15 Å². The molecule has 92 valence electrons. The zero-order valence-electron chi connectivity index (χ0n) is 9.69. The monoisotopic (exact) mass is 254 g/mol. The Morgan fingerprint density at radius 3 is 2.71 bits per heavy atom. The predicted molar refractivity (Wildman–Crippen MR) is 65.0 cm³/mol. The van der Waals surface area contributed by atoms with E-state index in [1.54, 1.807) is 12.1 Å². The molecule has 1 N–H and O–H groups in total. The third-order valence-electron chi connectivity index (χ3n) is 2.92. The summed E-state index contributed by atoms with van der Waals surface area (Å²) in [5.74, 6) is -0.177. The van der Waals surface area contributed by atoms with Crippen molar-refractivity contribution in [2.45, 2.75) is 18.9 Å². The van der Waals surface area contributed by atoms with E-state index in [4.69, 9.17) is 11.6 Å². The lowest BCUT2D eigenvalue weighted by molar-refractivity contribution is 0.0911. The summed E-state index contributed by atoms with van der Waals surface area (Å²) in [6.45, 7) is 2.02. The lowest BCUT2D eigenvalue weighted by atomic mass is 10.1. The number of carbonyl (C=O) groups excluding carboxylic acids is 1. The van der Waals surface area contributed by atoms with Crippen LogP contribution in [0, 0.1) is 0 Å². The molecule has 0 atom stereocenters. The first-order valence-corrected chi connectivity index (χ1v) is 6.01. The van der Waals surface area contributed by atoms with E-state index in [1.165, 1.54) is 0 Å². The van der Waals surface area contributed by atoms with Gasteiger partial charge in [0.05, 0.1) is 0 Å². The van der Waals surface area contributed by atoms with E-state index < -0.39 is 0 Å². The second-order valence-corrected chi connectivity index (χ2v) is 4.68. The van der Waals surface area contributed by atoms with Crippen LogP contribution in [-0.2, 0) is 0 Å². The number of hydrogen-bond acceptors (Lipinski definition) is 4. The Morgan fingerprint density at radius 2 is 2.12 bits per heavy atom. The van der Waals surface area contributed by atoms with Crippen molar-refractivity contribution in [1.29, 1.82) is 0 Å². The van der Waals surface area contributed by atoms with E-state index >= 15 is 0 Å². The third-order valence-corrected chi connectivity index (χ3v) is 3.12. The van der Waals surface area contributed by atoms with Crippen LogP contribution in [0.25, 0.3) is 0 Å². The number of hydrogen-bond donors (Lipinski definition) is 1. The molecule has 17 heavy (non-hydrogen) atoms. The Balaban J connectivity index is 1.91. The Bertz CT molecular complexity index is 387. The largest absolute Gasteiger partial charge is 0.348 e. The highest BCUT2D eigenvalue weighted by Gasteiger charge is 2.19. The summed E-state index contributed by atoms with van der Waals surface area (Å²) < 4.78 is 0. The van der Waals surface area contributed by atoms with Gasteiger partial charge < -0.3 is 10.2 Å². The van der Waals surface area contributed by atoms with Gasteiger partial charge in [-0.2, -0.15) is 0 Å². The molecule has 0 radical (unpaired) electrons. The number of nitrogens with one attached hydrogen (secondary N) is 1.